The molecule has 7 nitrogen and oxygen atoms in total. The van der Waals surface area contributed by atoms with Crippen molar-refractivity contribution in [3.8, 4) is 0 Å². The maximum absolute atomic E-state index is 13.5. The highest BCUT2D eigenvalue weighted by molar-refractivity contribution is 7.89. The molecule has 0 saturated carbocycles. The number of sulfonamides is 1. The van der Waals surface area contributed by atoms with E-state index in [-0.39, 0.29) is 24.1 Å². The molecule has 0 aliphatic carbocycles. The molecule has 1 aromatic rings. The molecule has 2 heterocycles. The van der Waals surface area contributed by atoms with Crippen molar-refractivity contribution in [3.05, 3.63) is 11.7 Å². The number of hydrogen-bond acceptors (Lipinski definition) is 6. The lowest BCUT2D eigenvalue weighted by atomic mass is 10.2. The van der Waals surface area contributed by atoms with Crippen molar-refractivity contribution in [2.45, 2.75) is 31.9 Å². The molecular weight excluding hydrogens is 296 g/mol. The van der Waals surface area contributed by atoms with Gasteiger partial charge in [-0.1, -0.05) is 5.16 Å². The van der Waals surface area contributed by atoms with Crippen LogP contribution in [0.1, 0.15) is 31.1 Å². The van der Waals surface area contributed by atoms with E-state index in [1.165, 1.54) is 14.0 Å². The van der Waals surface area contributed by atoms with Gasteiger partial charge in [-0.15, -0.1) is 0 Å². The average Bonchev–Trinajstić information content (AvgIpc) is 2.94. The summed E-state index contributed by atoms with van der Waals surface area (Å²) in [7, 11) is -2.35. The molecule has 0 bridgehead atoms. The van der Waals surface area contributed by atoms with Crippen molar-refractivity contribution in [2.24, 2.45) is 0 Å². The summed E-state index contributed by atoms with van der Waals surface area (Å²) in [5.41, 5.74) is 0. The van der Waals surface area contributed by atoms with Crippen LogP contribution >= 0.6 is 0 Å². The number of alkyl halides is 2. The summed E-state index contributed by atoms with van der Waals surface area (Å²) >= 11 is 0. The third-order valence-electron chi connectivity index (χ3n) is 2.99. The van der Waals surface area contributed by atoms with E-state index < -0.39 is 35.0 Å². The molecule has 0 aromatic carbocycles. The van der Waals surface area contributed by atoms with Gasteiger partial charge in [-0.2, -0.15) is 9.29 Å². The van der Waals surface area contributed by atoms with Crippen LogP contribution in [0.4, 0.5) is 8.78 Å². The van der Waals surface area contributed by atoms with Crippen molar-refractivity contribution < 1.29 is 26.5 Å². The van der Waals surface area contributed by atoms with Gasteiger partial charge in [0.25, 0.3) is 5.92 Å². The molecule has 0 radical (unpaired) electrons. The topological polar surface area (TPSA) is 85.5 Å². The summed E-state index contributed by atoms with van der Waals surface area (Å²) in [6.07, 6.45) is -0.666. The van der Waals surface area contributed by atoms with Gasteiger partial charge in [0, 0.05) is 13.5 Å². The number of methoxy groups -OCH3 is 1. The summed E-state index contributed by atoms with van der Waals surface area (Å²) in [6, 6.07) is -1.13. The van der Waals surface area contributed by atoms with Gasteiger partial charge in [-0.05, 0) is 6.92 Å². The zero-order chi connectivity index (χ0) is 15.0. The van der Waals surface area contributed by atoms with Crippen LogP contribution in [0, 0.1) is 0 Å². The molecule has 1 aromatic heterocycles. The highest BCUT2D eigenvalue weighted by Gasteiger charge is 2.51. The van der Waals surface area contributed by atoms with E-state index in [4.69, 9.17) is 9.26 Å². The summed E-state index contributed by atoms with van der Waals surface area (Å²) < 4.78 is 61.2. The number of halogens is 2. The minimum absolute atomic E-state index is 0.0626. The Labute approximate surface area is 114 Å². The lowest BCUT2D eigenvalue weighted by molar-refractivity contribution is 0.0166. The Hall–Kier alpha value is -1.13. The van der Waals surface area contributed by atoms with E-state index in [1.54, 1.807) is 0 Å². The molecular formula is C10H15F2N3O4S. The average molecular weight is 311 g/mol. The van der Waals surface area contributed by atoms with Crippen LogP contribution in [0.3, 0.4) is 0 Å². The Morgan fingerprint density at radius 3 is 2.85 bits per heavy atom. The van der Waals surface area contributed by atoms with Gasteiger partial charge in [-0.3, -0.25) is 0 Å². The lowest BCUT2D eigenvalue weighted by Gasteiger charge is -2.19. The molecule has 1 aliphatic heterocycles. The fourth-order valence-electron chi connectivity index (χ4n) is 2.05. The maximum Gasteiger partial charge on any atom is 0.263 e. The number of hydrogen-bond donors (Lipinski definition) is 0. The zero-order valence-corrected chi connectivity index (χ0v) is 11.9. The van der Waals surface area contributed by atoms with E-state index in [1.807, 2.05) is 0 Å². The highest BCUT2D eigenvalue weighted by atomic mass is 32.2. The van der Waals surface area contributed by atoms with Crippen molar-refractivity contribution in [3.63, 3.8) is 0 Å². The van der Waals surface area contributed by atoms with Crippen molar-refractivity contribution in [1.29, 1.82) is 0 Å². The van der Waals surface area contributed by atoms with Crippen LogP contribution in [-0.4, -0.2) is 48.2 Å². The summed E-state index contributed by atoms with van der Waals surface area (Å²) in [5.74, 6) is -3.32. The normalized spacial score (nSPS) is 23.3. The molecule has 2 rings (SSSR count). The second kappa shape index (κ2) is 5.34. The molecule has 1 saturated heterocycles. The predicted molar refractivity (Wildman–Crippen MR) is 63.5 cm³/mol. The van der Waals surface area contributed by atoms with E-state index in [2.05, 4.69) is 10.1 Å². The van der Waals surface area contributed by atoms with Gasteiger partial charge in [-0.25, -0.2) is 17.2 Å². The fraction of sp³-hybridized carbons (Fsp3) is 0.800. The Balaban J connectivity index is 2.31. The smallest absolute Gasteiger partial charge is 0.263 e. The third kappa shape index (κ3) is 2.96. The first kappa shape index (κ1) is 15.3. The van der Waals surface area contributed by atoms with Gasteiger partial charge >= 0.3 is 0 Å². The monoisotopic (exact) mass is 311 g/mol. The van der Waals surface area contributed by atoms with Crippen molar-refractivity contribution in [1.82, 2.24) is 14.4 Å². The standard InChI is InChI=1S/C10H15F2N3O4S/c1-3-20(16,17)15-6-10(11,12)4-7(15)9-13-8(5-18-2)14-19-9/h7H,3-6H2,1-2H3/t7-/m0/s1. The Bertz CT molecular complexity index is 575. The van der Waals surface area contributed by atoms with Crippen LogP contribution in [0.2, 0.25) is 0 Å². The van der Waals surface area contributed by atoms with E-state index in [9.17, 15) is 17.2 Å². The second-order valence-electron chi connectivity index (χ2n) is 4.50. The predicted octanol–water partition coefficient (Wildman–Crippen LogP) is 0.948. The van der Waals surface area contributed by atoms with Crippen LogP contribution in [0.15, 0.2) is 4.52 Å². The zero-order valence-electron chi connectivity index (χ0n) is 11.0. The Kier molecular flexibility index (Phi) is 4.07. The Morgan fingerprint density at radius 2 is 2.25 bits per heavy atom. The lowest BCUT2D eigenvalue weighted by Crippen LogP contribution is -2.34. The summed E-state index contributed by atoms with van der Waals surface area (Å²) in [5, 5.41) is 3.56. The first-order valence-corrected chi connectivity index (χ1v) is 7.59. The van der Waals surface area contributed by atoms with E-state index >= 15 is 0 Å². The second-order valence-corrected chi connectivity index (χ2v) is 6.71. The molecule has 10 heteroatoms. The first-order valence-electron chi connectivity index (χ1n) is 5.98. The largest absolute Gasteiger partial charge is 0.377 e. The van der Waals surface area contributed by atoms with Crippen LogP contribution < -0.4 is 0 Å². The van der Waals surface area contributed by atoms with Crippen molar-refractivity contribution in [2.75, 3.05) is 19.4 Å². The quantitative estimate of drug-likeness (QED) is 0.805. The van der Waals surface area contributed by atoms with E-state index in [0.29, 0.717) is 0 Å². The number of rotatable bonds is 5. The molecule has 0 spiro atoms. The van der Waals surface area contributed by atoms with Crippen molar-refractivity contribution >= 4 is 10.0 Å². The van der Waals surface area contributed by atoms with Gasteiger partial charge in [0.15, 0.2) is 5.82 Å². The van der Waals surface area contributed by atoms with Gasteiger partial charge in [0.1, 0.15) is 12.6 Å². The van der Waals surface area contributed by atoms with Crippen LogP contribution in [-0.2, 0) is 21.4 Å². The van der Waals surface area contributed by atoms with Gasteiger partial charge in [0.2, 0.25) is 15.9 Å². The molecule has 114 valence electrons. The molecule has 0 unspecified atom stereocenters. The minimum Gasteiger partial charge on any atom is -0.377 e. The third-order valence-corrected chi connectivity index (χ3v) is 4.82. The molecule has 0 amide bonds. The highest BCUT2D eigenvalue weighted by Crippen LogP contribution is 2.42. The molecule has 1 fully saturated rings. The van der Waals surface area contributed by atoms with Crippen LogP contribution in [0.5, 0.6) is 0 Å². The molecule has 1 aliphatic rings. The maximum atomic E-state index is 13.5. The molecule has 1 atom stereocenters. The van der Waals surface area contributed by atoms with Gasteiger partial charge in [0.05, 0.1) is 12.3 Å². The SMILES string of the molecule is CCS(=O)(=O)N1CC(F)(F)C[C@H]1c1nc(COC)no1. The molecule has 20 heavy (non-hydrogen) atoms. The summed E-state index contributed by atoms with van der Waals surface area (Å²) in [4.78, 5) is 3.90. The number of ether oxygens (including phenoxy) is 1. The van der Waals surface area contributed by atoms with Crippen LogP contribution in [0.25, 0.3) is 0 Å². The van der Waals surface area contributed by atoms with Gasteiger partial charge < -0.3 is 9.26 Å². The minimum atomic E-state index is -3.77. The van der Waals surface area contributed by atoms with E-state index in [0.717, 1.165) is 4.31 Å². The first-order chi connectivity index (χ1) is 9.29. The Morgan fingerprint density at radius 1 is 1.55 bits per heavy atom. The fourth-order valence-corrected chi connectivity index (χ4v) is 3.32. The number of aromatic nitrogens is 2. The summed E-state index contributed by atoms with van der Waals surface area (Å²) in [6.45, 7) is 0.593. The molecule has 0 N–H and O–H groups in total. The number of nitrogens with zero attached hydrogens (tertiary/aromatic N) is 3.